The van der Waals surface area contributed by atoms with E-state index in [1.165, 1.54) is 0 Å². The topological polar surface area (TPSA) is 18.5 Å². The molecule has 0 aliphatic heterocycles. The van der Waals surface area contributed by atoms with Crippen LogP contribution in [0.4, 0.5) is 0 Å². The molecule has 0 N–H and O–H groups in total. The lowest BCUT2D eigenvalue weighted by Crippen LogP contribution is -2.29. The van der Waals surface area contributed by atoms with Gasteiger partial charge in [-0.1, -0.05) is 13.8 Å². The highest BCUT2D eigenvalue weighted by Crippen LogP contribution is 2.07. The van der Waals surface area contributed by atoms with E-state index in [1.54, 1.807) is 14.2 Å². The SMILES string of the molecule is COC[SiH](COC)C(C)C. The van der Waals surface area contributed by atoms with E-state index in [0.717, 1.165) is 18.0 Å². The number of hydrogen-bond donors (Lipinski definition) is 0. The number of ether oxygens (including phenoxy) is 2. The molecule has 10 heavy (non-hydrogen) atoms. The fourth-order valence-electron chi connectivity index (χ4n) is 0.861. The van der Waals surface area contributed by atoms with Gasteiger partial charge in [-0.15, -0.1) is 0 Å². The van der Waals surface area contributed by atoms with E-state index in [9.17, 15) is 0 Å². The van der Waals surface area contributed by atoms with Crippen molar-refractivity contribution >= 4 is 8.80 Å². The third-order valence-corrected chi connectivity index (χ3v) is 5.11. The summed E-state index contributed by atoms with van der Waals surface area (Å²) < 4.78 is 10.2. The van der Waals surface area contributed by atoms with Crippen LogP contribution in [0.15, 0.2) is 0 Å². The number of rotatable bonds is 5. The second-order valence-corrected chi connectivity index (χ2v) is 6.43. The summed E-state index contributed by atoms with van der Waals surface area (Å²) in [7, 11) is 2.77. The first-order valence-electron chi connectivity index (χ1n) is 3.70. The second kappa shape index (κ2) is 5.89. The maximum Gasteiger partial charge on any atom is 0.0999 e. The van der Waals surface area contributed by atoms with Gasteiger partial charge in [-0.2, -0.15) is 0 Å². The first-order valence-corrected chi connectivity index (χ1v) is 6.00. The van der Waals surface area contributed by atoms with Crippen molar-refractivity contribution in [1.82, 2.24) is 0 Å². The minimum atomic E-state index is -0.752. The molecule has 0 atom stereocenters. The van der Waals surface area contributed by atoms with E-state index < -0.39 is 8.80 Å². The Bertz CT molecular complexity index is 70.0. The molecule has 0 spiro atoms. The monoisotopic (exact) mass is 162 g/mol. The first kappa shape index (κ1) is 10.1. The third kappa shape index (κ3) is 4.03. The van der Waals surface area contributed by atoms with E-state index in [1.807, 2.05) is 0 Å². The maximum absolute atomic E-state index is 5.10. The zero-order valence-electron chi connectivity index (χ0n) is 7.39. The van der Waals surface area contributed by atoms with Gasteiger partial charge in [0.2, 0.25) is 0 Å². The average Bonchev–Trinajstić information content (AvgIpc) is 1.87. The van der Waals surface area contributed by atoms with Gasteiger partial charge in [0.15, 0.2) is 0 Å². The van der Waals surface area contributed by atoms with Gasteiger partial charge < -0.3 is 9.47 Å². The first-order chi connectivity index (χ1) is 4.72. The largest absolute Gasteiger partial charge is 0.388 e. The van der Waals surface area contributed by atoms with Crippen molar-refractivity contribution in [3.05, 3.63) is 0 Å². The molecular weight excluding hydrogens is 144 g/mol. The summed E-state index contributed by atoms with van der Waals surface area (Å²) in [6, 6.07) is 0. The molecule has 62 valence electrons. The Labute approximate surface area is 65.1 Å². The molecule has 0 heterocycles. The zero-order chi connectivity index (χ0) is 7.98. The lowest BCUT2D eigenvalue weighted by Gasteiger charge is -2.16. The summed E-state index contributed by atoms with van der Waals surface area (Å²) in [4.78, 5) is 0. The van der Waals surface area contributed by atoms with Crippen LogP contribution in [0.25, 0.3) is 0 Å². The quantitative estimate of drug-likeness (QED) is 0.561. The van der Waals surface area contributed by atoms with Gasteiger partial charge in [0, 0.05) is 26.7 Å². The maximum atomic E-state index is 5.10. The molecule has 0 unspecified atom stereocenters. The van der Waals surface area contributed by atoms with Gasteiger partial charge in [-0.05, 0) is 5.54 Å². The second-order valence-electron chi connectivity index (χ2n) is 2.91. The molecule has 0 aromatic heterocycles. The van der Waals surface area contributed by atoms with Gasteiger partial charge in [-0.3, -0.25) is 0 Å². The molecule has 0 fully saturated rings. The smallest absolute Gasteiger partial charge is 0.0999 e. The Morgan fingerprint density at radius 2 is 1.50 bits per heavy atom. The van der Waals surface area contributed by atoms with E-state index in [-0.39, 0.29) is 0 Å². The van der Waals surface area contributed by atoms with Gasteiger partial charge in [-0.25, -0.2) is 0 Å². The minimum Gasteiger partial charge on any atom is -0.388 e. The summed E-state index contributed by atoms with van der Waals surface area (Å²) in [5.74, 6) is 0. The highest BCUT2D eigenvalue weighted by molar-refractivity contribution is 6.60. The van der Waals surface area contributed by atoms with E-state index in [0.29, 0.717) is 0 Å². The van der Waals surface area contributed by atoms with Crippen molar-refractivity contribution in [1.29, 1.82) is 0 Å². The van der Waals surface area contributed by atoms with Crippen molar-refractivity contribution in [2.45, 2.75) is 19.4 Å². The van der Waals surface area contributed by atoms with Crippen LogP contribution in [-0.2, 0) is 9.47 Å². The van der Waals surface area contributed by atoms with Crippen LogP contribution in [0.1, 0.15) is 13.8 Å². The van der Waals surface area contributed by atoms with E-state index in [2.05, 4.69) is 13.8 Å². The van der Waals surface area contributed by atoms with Gasteiger partial charge >= 0.3 is 0 Å². The summed E-state index contributed by atoms with van der Waals surface area (Å²) in [6.45, 7) is 4.49. The van der Waals surface area contributed by atoms with E-state index >= 15 is 0 Å². The van der Waals surface area contributed by atoms with Crippen LogP contribution in [-0.4, -0.2) is 35.5 Å². The highest BCUT2D eigenvalue weighted by atomic mass is 28.3. The van der Waals surface area contributed by atoms with E-state index in [4.69, 9.17) is 9.47 Å². The fraction of sp³-hybridized carbons (Fsp3) is 1.00. The predicted octanol–water partition coefficient (Wildman–Crippen LogP) is 0.995. The lowest BCUT2D eigenvalue weighted by molar-refractivity contribution is 0.220. The molecule has 0 radical (unpaired) electrons. The zero-order valence-corrected chi connectivity index (χ0v) is 8.54. The molecule has 0 aromatic carbocycles. The summed E-state index contributed by atoms with van der Waals surface area (Å²) >= 11 is 0. The van der Waals surface area contributed by atoms with Crippen LogP contribution in [0.3, 0.4) is 0 Å². The van der Waals surface area contributed by atoms with Crippen LogP contribution in [0.5, 0.6) is 0 Å². The van der Waals surface area contributed by atoms with Crippen LogP contribution in [0.2, 0.25) is 5.54 Å². The predicted molar refractivity (Wildman–Crippen MR) is 46.0 cm³/mol. The molecule has 0 bridgehead atoms. The van der Waals surface area contributed by atoms with Gasteiger partial charge in [0.1, 0.15) is 0 Å². The third-order valence-electron chi connectivity index (χ3n) is 1.70. The summed E-state index contributed by atoms with van der Waals surface area (Å²) in [5, 5.41) is 0. The van der Waals surface area contributed by atoms with Crippen LogP contribution < -0.4 is 0 Å². The number of methoxy groups -OCH3 is 2. The molecular formula is C7H18O2Si. The normalized spacial score (nSPS) is 11.4. The van der Waals surface area contributed by atoms with Crippen molar-refractivity contribution in [2.75, 3.05) is 26.7 Å². The molecule has 0 rings (SSSR count). The fourth-order valence-corrected chi connectivity index (χ4v) is 2.58. The Hall–Kier alpha value is 0.137. The molecule has 0 aromatic rings. The average molecular weight is 162 g/mol. The molecule has 0 amide bonds. The minimum absolute atomic E-state index is 0.752. The highest BCUT2D eigenvalue weighted by Gasteiger charge is 2.14. The van der Waals surface area contributed by atoms with Crippen molar-refractivity contribution in [2.24, 2.45) is 0 Å². The van der Waals surface area contributed by atoms with Gasteiger partial charge in [0.25, 0.3) is 0 Å². The Morgan fingerprint density at radius 1 is 1.10 bits per heavy atom. The Morgan fingerprint density at radius 3 is 1.70 bits per heavy atom. The Kier molecular flexibility index (Phi) is 5.97. The standard InChI is InChI=1S/C7H18O2Si/c1-7(2)10(5-8-3)6-9-4/h7,10H,5-6H2,1-4H3. The van der Waals surface area contributed by atoms with Gasteiger partial charge in [0.05, 0.1) is 8.80 Å². The van der Waals surface area contributed by atoms with Crippen molar-refractivity contribution in [3.8, 4) is 0 Å². The molecule has 0 aliphatic carbocycles. The van der Waals surface area contributed by atoms with Crippen LogP contribution >= 0.6 is 0 Å². The molecule has 3 heteroatoms. The number of hydrogen-bond acceptors (Lipinski definition) is 2. The van der Waals surface area contributed by atoms with Crippen molar-refractivity contribution < 1.29 is 9.47 Å². The van der Waals surface area contributed by atoms with Crippen molar-refractivity contribution in [3.63, 3.8) is 0 Å². The molecule has 2 nitrogen and oxygen atoms in total. The summed E-state index contributed by atoms with van der Waals surface area (Å²) in [5.41, 5.74) is 0.778. The molecule has 0 aliphatic rings. The Balaban J connectivity index is 3.50. The molecule has 0 saturated carbocycles. The van der Waals surface area contributed by atoms with Crippen LogP contribution in [0, 0.1) is 0 Å². The lowest BCUT2D eigenvalue weighted by atomic mass is 10.6. The summed E-state index contributed by atoms with van der Waals surface area (Å²) in [6.07, 6.45) is 1.87. The molecule has 0 saturated heterocycles.